The maximum atomic E-state index is 15.1. The monoisotopic (exact) mass is 567 g/mol. The molecule has 2 aromatic heterocycles. The Morgan fingerprint density at radius 2 is 1.71 bits per heavy atom. The fourth-order valence-corrected chi connectivity index (χ4v) is 3.91. The van der Waals surface area contributed by atoms with E-state index in [1.165, 1.54) is 30.6 Å². The molecule has 0 radical (unpaired) electrons. The number of fused-ring (bicyclic) bond motifs is 2. The molecular formula is C29H25F4N5O3. The number of H-pyrrole nitrogens is 2. The molecule has 4 N–H and O–H groups in total. The summed E-state index contributed by atoms with van der Waals surface area (Å²) in [6.07, 6.45) is -0.834. The molecule has 0 saturated heterocycles. The first kappa shape index (κ1) is 30.6. The molecule has 0 spiro atoms. The van der Waals surface area contributed by atoms with Gasteiger partial charge in [0.15, 0.2) is 6.29 Å². The summed E-state index contributed by atoms with van der Waals surface area (Å²) in [4.78, 5) is 29.2. The molecule has 0 fully saturated rings. The number of hydrogen-bond donors (Lipinski definition) is 4. The van der Waals surface area contributed by atoms with Gasteiger partial charge in [0.1, 0.15) is 11.6 Å². The molecule has 5 aromatic rings. The van der Waals surface area contributed by atoms with E-state index in [1.807, 2.05) is 0 Å². The molecule has 0 aliphatic rings. The highest BCUT2D eigenvalue weighted by molar-refractivity contribution is 6.11. The topological polar surface area (TPSA) is 127 Å². The van der Waals surface area contributed by atoms with Crippen LogP contribution in [0.3, 0.4) is 0 Å². The number of halogens is 4. The lowest BCUT2D eigenvalue weighted by molar-refractivity contribution is -0.137. The zero-order valence-electron chi connectivity index (χ0n) is 21.9. The normalized spacial score (nSPS) is 11.7. The number of rotatable bonds is 6. The molecule has 0 atom stereocenters. The fraction of sp³-hybridized carbons (Fsp3) is 0.103. The quantitative estimate of drug-likeness (QED) is 0.108. The zero-order chi connectivity index (χ0) is 30.2. The number of nitrogens with one attached hydrogen (secondary N) is 2. The first-order chi connectivity index (χ1) is 19.7. The van der Waals surface area contributed by atoms with Crippen molar-refractivity contribution in [3.63, 3.8) is 0 Å². The molecule has 5 rings (SSSR count). The van der Waals surface area contributed by atoms with Crippen LogP contribution in [0.15, 0.2) is 76.8 Å². The number of aromatic nitrogens is 3. The summed E-state index contributed by atoms with van der Waals surface area (Å²) in [5, 5.41) is 14.8. The van der Waals surface area contributed by atoms with Gasteiger partial charge in [-0.3, -0.25) is 14.8 Å². The van der Waals surface area contributed by atoms with Gasteiger partial charge in [0.05, 0.1) is 33.5 Å². The molecule has 0 amide bonds. The highest BCUT2D eigenvalue weighted by Crippen LogP contribution is 2.32. The van der Waals surface area contributed by atoms with E-state index in [9.17, 15) is 18.0 Å². The first-order valence-electron chi connectivity index (χ1n) is 11.8. The van der Waals surface area contributed by atoms with Crippen LogP contribution in [0.2, 0.25) is 0 Å². The minimum absolute atomic E-state index is 0.0975. The van der Waals surface area contributed by atoms with Gasteiger partial charge in [-0.15, -0.1) is 0 Å². The van der Waals surface area contributed by atoms with Gasteiger partial charge in [-0.1, -0.05) is 6.07 Å². The Morgan fingerprint density at radius 1 is 0.951 bits per heavy atom. The van der Waals surface area contributed by atoms with Gasteiger partial charge in [0.2, 0.25) is 0 Å². The van der Waals surface area contributed by atoms with Crippen LogP contribution in [0.4, 0.5) is 23.2 Å². The molecule has 12 heteroatoms. The second kappa shape index (κ2) is 13.4. The maximum absolute atomic E-state index is 15.1. The van der Waals surface area contributed by atoms with E-state index >= 15 is 4.39 Å². The molecule has 0 unspecified atom stereocenters. The van der Waals surface area contributed by atoms with Gasteiger partial charge in [-0.2, -0.15) is 13.2 Å². The van der Waals surface area contributed by atoms with Crippen LogP contribution < -0.4 is 0 Å². The van der Waals surface area contributed by atoms with Crippen molar-refractivity contribution in [2.24, 2.45) is 9.98 Å². The summed E-state index contributed by atoms with van der Waals surface area (Å²) in [5.41, 5.74) is 2.50. The van der Waals surface area contributed by atoms with Crippen LogP contribution in [-0.4, -0.2) is 58.6 Å². The number of aliphatic hydroxyl groups is 2. The first-order valence-corrected chi connectivity index (χ1v) is 11.8. The van der Waals surface area contributed by atoms with E-state index < -0.39 is 17.6 Å². The predicted octanol–water partition coefficient (Wildman–Crippen LogP) is 6.34. The van der Waals surface area contributed by atoms with E-state index in [-0.39, 0.29) is 22.4 Å². The highest BCUT2D eigenvalue weighted by atomic mass is 19.4. The van der Waals surface area contributed by atoms with E-state index in [0.717, 1.165) is 43.5 Å². The van der Waals surface area contributed by atoms with E-state index in [4.69, 9.17) is 10.2 Å². The van der Waals surface area contributed by atoms with Gasteiger partial charge in [0, 0.05) is 43.1 Å². The van der Waals surface area contributed by atoms with Gasteiger partial charge >= 0.3 is 6.18 Å². The summed E-state index contributed by atoms with van der Waals surface area (Å²) in [5.74, 6) is -0.528. The average molecular weight is 568 g/mol. The molecule has 41 heavy (non-hydrogen) atoms. The number of alkyl halides is 3. The van der Waals surface area contributed by atoms with Crippen LogP contribution in [0.25, 0.3) is 38.9 Å². The summed E-state index contributed by atoms with van der Waals surface area (Å²) in [6.45, 7) is 3.46. The van der Waals surface area contributed by atoms with Crippen LogP contribution in [0.1, 0.15) is 21.6 Å². The summed E-state index contributed by atoms with van der Waals surface area (Å²) >= 11 is 0. The Morgan fingerprint density at radius 3 is 2.37 bits per heavy atom. The number of nitrogens with zero attached hydrogens (tertiary/aromatic N) is 3. The molecule has 0 saturated carbocycles. The Balaban J connectivity index is 0.00000111. The van der Waals surface area contributed by atoms with Crippen molar-refractivity contribution in [1.29, 1.82) is 0 Å². The number of hydrogen-bond acceptors (Lipinski definition) is 6. The van der Waals surface area contributed by atoms with Crippen LogP contribution >= 0.6 is 0 Å². The SMILES string of the molecule is C=N/C=C(\C=Nc1ccc2[nH]c(C=O)cc2c1)c1ccc(-c2nc3ccc(C(F)(F)F)cc3[nH]2)c(F)c1.CO.CO. The molecule has 0 aliphatic heterocycles. The zero-order valence-corrected chi connectivity index (χ0v) is 21.9. The lowest BCUT2D eigenvalue weighted by Gasteiger charge is -2.05. The van der Waals surface area contributed by atoms with Gasteiger partial charge in [-0.25, -0.2) is 9.37 Å². The van der Waals surface area contributed by atoms with Crippen molar-refractivity contribution < 1.29 is 32.6 Å². The number of aliphatic imine (C=N–C) groups is 2. The van der Waals surface area contributed by atoms with E-state index in [1.54, 1.807) is 30.3 Å². The smallest absolute Gasteiger partial charge is 0.400 e. The minimum Gasteiger partial charge on any atom is -0.400 e. The summed E-state index contributed by atoms with van der Waals surface area (Å²) < 4.78 is 54.2. The highest BCUT2D eigenvalue weighted by Gasteiger charge is 2.30. The molecule has 8 nitrogen and oxygen atoms in total. The van der Waals surface area contributed by atoms with Gasteiger partial charge in [-0.05, 0) is 66.9 Å². The van der Waals surface area contributed by atoms with E-state index in [2.05, 4.69) is 31.7 Å². The summed E-state index contributed by atoms with van der Waals surface area (Å²) in [6, 6.07) is 14.5. The molecule has 3 aromatic carbocycles. The molecule has 0 bridgehead atoms. The lowest BCUT2D eigenvalue weighted by Crippen LogP contribution is -2.04. The fourth-order valence-electron chi connectivity index (χ4n) is 3.91. The van der Waals surface area contributed by atoms with Crippen molar-refractivity contribution >= 4 is 52.4 Å². The second-order valence-electron chi connectivity index (χ2n) is 8.15. The van der Waals surface area contributed by atoms with Gasteiger partial charge in [0.25, 0.3) is 0 Å². The van der Waals surface area contributed by atoms with Crippen molar-refractivity contribution in [2.45, 2.75) is 6.18 Å². The predicted molar refractivity (Wildman–Crippen MR) is 152 cm³/mol. The number of aldehydes is 1. The van der Waals surface area contributed by atoms with Crippen molar-refractivity contribution in [3.8, 4) is 11.4 Å². The number of imidazole rings is 1. The van der Waals surface area contributed by atoms with Crippen LogP contribution in [-0.2, 0) is 6.18 Å². The number of carbonyl (C=O) groups is 1. The van der Waals surface area contributed by atoms with Crippen molar-refractivity contribution in [1.82, 2.24) is 15.0 Å². The third kappa shape index (κ3) is 6.99. The standard InChI is InChI=1S/C27H17F4N5O.2CH4O/c1-32-12-17(13-33-19-4-7-23-16(8-19)9-20(14-37)34-23)15-2-5-21(22(28)10-15)26-35-24-6-3-18(27(29,30)31)11-25(24)36-26;2*1-2/h2-14,34H,1H2,(H,35,36);2*2H,1H3/b17-12+,33-13?;;. The van der Waals surface area contributed by atoms with Crippen LogP contribution in [0.5, 0.6) is 0 Å². The Kier molecular flexibility index (Phi) is 10.0. The average Bonchev–Trinajstić information content (AvgIpc) is 3.60. The molecule has 0 aliphatic carbocycles. The molecular weight excluding hydrogens is 542 g/mol. The largest absolute Gasteiger partial charge is 0.416 e. The molecule has 212 valence electrons. The summed E-state index contributed by atoms with van der Waals surface area (Å²) in [7, 11) is 2.00. The van der Waals surface area contributed by atoms with Gasteiger partial charge < -0.3 is 20.2 Å². The van der Waals surface area contributed by atoms with E-state index in [0.29, 0.717) is 22.5 Å². The molecule has 2 heterocycles. The third-order valence-corrected chi connectivity index (χ3v) is 5.70. The Bertz CT molecular complexity index is 1740. The lowest BCUT2D eigenvalue weighted by atomic mass is 10.0. The van der Waals surface area contributed by atoms with Crippen molar-refractivity contribution in [3.05, 3.63) is 89.5 Å². The Labute approximate surface area is 231 Å². The number of aromatic amines is 2. The minimum atomic E-state index is -4.50. The number of carbonyl (C=O) groups excluding carboxylic acids is 1. The number of allylic oxidation sites excluding steroid dienone is 1. The maximum Gasteiger partial charge on any atom is 0.416 e. The third-order valence-electron chi connectivity index (χ3n) is 5.70. The van der Waals surface area contributed by atoms with Crippen LogP contribution in [0, 0.1) is 5.82 Å². The Hall–Kier alpha value is -4.94. The second-order valence-corrected chi connectivity index (χ2v) is 8.15. The number of aliphatic hydroxyl groups excluding tert-OH is 2. The number of benzene rings is 3. The van der Waals surface area contributed by atoms with Crippen molar-refractivity contribution in [2.75, 3.05) is 14.2 Å².